The van der Waals surface area contributed by atoms with Crippen LogP contribution in [0.2, 0.25) is 0 Å². The first kappa shape index (κ1) is 34.6. The molecule has 1 saturated heterocycles. The fourth-order valence-electron chi connectivity index (χ4n) is 6.11. The summed E-state index contributed by atoms with van der Waals surface area (Å²) in [6, 6.07) is 15.0. The highest BCUT2D eigenvalue weighted by Gasteiger charge is 2.35. The zero-order valence-corrected chi connectivity index (χ0v) is 29.4. The maximum atomic E-state index is 13.8. The van der Waals surface area contributed by atoms with E-state index in [1.165, 1.54) is 18.4 Å². The lowest BCUT2D eigenvalue weighted by Gasteiger charge is -2.35. The molecule has 0 saturated carbocycles. The van der Waals surface area contributed by atoms with Crippen molar-refractivity contribution in [2.75, 3.05) is 37.0 Å². The number of thiophene rings is 1. The summed E-state index contributed by atoms with van der Waals surface area (Å²) in [6.45, 7) is 7.80. The average Bonchev–Trinajstić information content (AvgIpc) is 3.44. The number of hydrogen-bond donors (Lipinski definition) is 3. The summed E-state index contributed by atoms with van der Waals surface area (Å²) in [5.41, 5.74) is 1.77. The van der Waals surface area contributed by atoms with Crippen molar-refractivity contribution in [2.24, 2.45) is 0 Å². The highest BCUT2D eigenvalue weighted by atomic mass is 32.1. The van der Waals surface area contributed by atoms with Gasteiger partial charge in [-0.3, -0.25) is 14.5 Å². The number of carbonyl (C=O) groups is 4. The molecule has 4 aromatic rings. The van der Waals surface area contributed by atoms with Gasteiger partial charge in [-0.25, -0.2) is 14.6 Å². The highest BCUT2D eigenvalue weighted by Crippen LogP contribution is 2.46. The first-order chi connectivity index (χ1) is 23.9. The van der Waals surface area contributed by atoms with Gasteiger partial charge in [-0.15, -0.1) is 11.3 Å². The van der Waals surface area contributed by atoms with Crippen molar-refractivity contribution in [3.8, 4) is 11.5 Å². The number of ether oxygens (including phenoxy) is 3. The van der Waals surface area contributed by atoms with Gasteiger partial charge in [0.2, 0.25) is 5.91 Å². The summed E-state index contributed by atoms with van der Waals surface area (Å²) in [7, 11) is 1.45. The standard InChI is InChI=1S/C36H40N6O7S/c1-21-18-24(48-23-11-7-6-8-12-23)13-14-26(21)42-27-15-16-37-32-28(27)29(40-34(42)45)30(50-32)31(43)38-22-10-9-17-41(19-22)33(44)25(20-47-5)39-35(46)49-36(2,3)4/h6-8,11-16,18,22,25H,9-10,17,19-20H2,1-5H3,(H,38,43)(H,39,46)(H,40,45)/t22-,25+/m1/s1. The van der Waals surface area contributed by atoms with Gasteiger partial charge in [0.05, 0.1) is 29.1 Å². The Morgan fingerprint density at radius 1 is 1.08 bits per heavy atom. The van der Waals surface area contributed by atoms with Crippen LogP contribution in [0, 0.1) is 6.92 Å². The summed E-state index contributed by atoms with van der Waals surface area (Å²) >= 11 is 1.19. The SMILES string of the molecule is COC[C@H](NC(=O)OC(C)(C)C)C(=O)N1CCC[C@@H](NC(=O)c2sc3nccc4c3c2NC(=O)N4c2ccc(Oc3ccccc3)cc2C)C1. The molecule has 0 spiro atoms. The van der Waals surface area contributed by atoms with Crippen LogP contribution < -0.4 is 25.6 Å². The number of nitrogens with one attached hydrogen (secondary N) is 3. The smallest absolute Gasteiger partial charge is 0.408 e. The molecule has 4 heterocycles. The lowest BCUT2D eigenvalue weighted by molar-refractivity contribution is -0.136. The van der Waals surface area contributed by atoms with Crippen LogP contribution in [-0.2, 0) is 14.3 Å². The van der Waals surface area contributed by atoms with Gasteiger partial charge in [0.25, 0.3) is 5.91 Å². The van der Waals surface area contributed by atoms with Crippen LogP contribution in [0.25, 0.3) is 10.2 Å². The minimum absolute atomic E-state index is 0.0338. The Bertz CT molecular complexity index is 1930. The predicted molar refractivity (Wildman–Crippen MR) is 191 cm³/mol. The van der Waals surface area contributed by atoms with E-state index in [1.54, 1.807) is 42.8 Å². The molecule has 2 aromatic heterocycles. The van der Waals surface area contributed by atoms with Crippen LogP contribution in [0.3, 0.4) is 0 Å². The van der Waals surface area contributed by atoms with E-state index in [2.05, 4.69) is 20.9 Å². The quantitative estimate of drug-likeness (QED) is 0.183. The third kappa shape index (κ3) is 7.50. The number of anilines is 3. The topological polar surface area (TPSA) is 151 Å². The molecular weight excluding hydrogens is 660 g/mol. The Balaban J connectivity index is 1.18. The number of methoxy groups -OCH3 is 1. The van der Waals surface area contributed by atoms with Crippen molar-refractivity contribution in [3.63, 3.8) is 0 Å². The molecule has 2 atom stereocenters. The average molecular weight is 701 g/mol. The molecule has 0 bridgehead atoms. The minimum atomic E-state index is -0.949. The fourth-order valence-corrected chi connectivity index (χ4v) is 7.13. The zero-order valence-electron chi connectivity index (χ0n) is 28.6. The molecule has 50 heavy (non-hydrogen) atoms. The van der Waals surface area contributed by atoms with Crippen molar-refractivity contribution in [3.05, 3.63) is 71.2 Å². The van der Waals surface area contributed by atoms with Crippen LogP contribution in [0.4, 0.5) is 26.7 Å². The molecule has 2 aliphatic heterocycles. The number of aromatic nitrogens is 1. The number of carbonyl (C=O) groups excluding carboxylic acids is 4. The number of rotatable bonds is 9. The van der Waals surface area contributed by atoms with Gasteiger partial charge < -0.3 is 35.1 Å². The van der Waals surface area contributed by atoms with Crippen LogP contribution in [0.1, 0.15) is 48.8 Å². The second-order valence-corrected chi connectivity index (χ2v) is 14.2. The molecule has 2 aromatic carbocycles. The molecule has 3 N–H and O–H groups in total. The molecular formula is C36H40N6O7S. The maximum Gasteiger partial charge on any atom is 0.408 e. The molecule has 262 valence electrons. The van der Waals surface area contributed by atoms with E-state index in [0.29, 0.717) is 63.0 Å². The lowest BCUT2D eigenvalue weighted by Crippen LogP contribution is -2.56. The van der Waals surface area contributed by atoms with Crippen molar-refractivity contribution < 1.29 is 33.4 Å². The Hall–Kier alpha value is -5.21. The molecule has 14 heteroatoms. The summed E-state index contributed by atoms with van der Waals surface area (Å²) < 4.78 is 16.5. The third-order valence-corrected chi connectivity index (χ3v) is 9.33. The van der Waals surface area contributed by atoms with E-state index in [0.717, 1.165) is 5.56 Å². The zero-order chi connectivity index (χ0) is 35.6. The van der Waals surface area contributed by atoms with E-state index >= 15 is 0 Å². The summed E-state index contributed by atoms with van der Waals surface area (Å²) in [5, 5.41) is 9.29. The van der Waals surface area contributed by atoms with E-state index in [1.807, 2.05) is 55.5 Å². The van der Waals surface area contributed by atoms with E-state index < -0.39 is 23.8 Å². The fraction of sp³-hybridized carbons (Fsp3) is 0.361. The Morgan fingerprint density at radius 3 is 2.58 bits per heavy atom. The van der Waals surface area contributed by atoms with Gasteiger partial charge >= 0.3 is 12.1 Å². The minimum Gasteiger partial charge on any atom is -0.457 e. The number of benzene rings is 2. The van der Waals surface area contributed by atoms with Gasteiger partial charge in [-0.1, -0.05) is 18.2 Å². The first-order valence-corrected chi connectivity index (χ1v) is 17.2. The van der Waals surface area contributed by atoms with Crippen molar-refractivity contribution in [2.45, 2.75) is 58.2 Å². The number of nitrogens with zero attached hydrogens (tertiary/aromatic N) is 3. The van der Waals surface area contributed by atoms with Gasteiger partial charge in [0.1, 0.15) is 32.8 Å². The third-order valence-electron chi connectivity index (χ3n) is 8.23. The Kier molecular flexibility index (Phi) is 9.93. The lowest BCUT2D eigenvalue weighted by atomic mass is 10.0. The molecule has 0 unspecified atom stereocenters. The van der Waals surface area contributed by atoms with Gasteiger partial charge in [-0.2, -0.15) is 0 Å². The number of hydrogen-bond acceptors (Lipinski definition) is 9. The number of alkyl carbamates (subject to hydrolysis) is 1. The van der Waals surface area contributed by atoms with Crippen LogP contribution in [0.5, 0.6) is 11.5 Å². The molecule has 6 rings (SSSR count). The normalized spacial score (nSPS) is 16.4. The Labute approximate surface area is 293 Å². The predicted octanol–water partition coefficient (Wildman–Crippen LogP) is 6.34. The van der Waals surface area contributed by atoms with Crippen LogP contribution in [-0.4, -0.2) is 78.3 Å². The summed E-state index contributed by atoms with van der Waals surface area (Å²) in [4.78, 5) is 62.0. The van der Waals surface area contributed by atoms with Gasteiger partial charge in [0, 0.05) is 32.4 Å². The molecule has 5 amide bonds. The summed E-state index contributed by atoms with van der Waals surface area (Å²) in [5.74, 6) is 0.644. The number of pyridine rings is 1. The molecule has 13 nitrogen and oxygen atoms in total. The van der Waals surface area contributed by atoms with Crippen molar-refractivity contribution >= 4 is 62.6 Å². The monoisotopic (exact) mass is 700 g/mol. The van der Waals surface area contributed by atoms with E-state index in [-0.39, 0.29) is 31.0 Å². The van der Waals surface area contributed by atoms with Crippen molar-refractivity contribution in [1.29, 1.82) is 0 Å². The number of para-hydroxylation sites is 1. The van der Waals surface area contributed by atoms with E-state index in [9.17, 15) is 19.2 Å². The molecule has 0 radical (unpaired) electrons. The van der Waals surface area contributed by atoms with Crippen molar-refractivity contribution in [1.82, 2.24) is 20.5 Å². The number of urea groups is 1. The largest absolute Gasteiger partial charge is 0.457 e. The second kappa shape index (κ2) is 14.3. The second-order valence-electron chi connectivity index (χ2n) is 13.2. The molecule has 0 aliphatic carbocycles. The van der Waals surface area contributed by atoms with Gasteiger partial charge in [-0.05, 0) is 82.5 Å². The Morgan fingerprint density at radius 2 is 1.86 bits per heavy atom. The number of likely N-dealkylation sites (tertiary alicyclic amines) is 1. The maximum absolute atomic E-state index is 13.8. The van der Waals surface area contributed by atoms with Gasteiger partial charge in [0.15, 0.2) is 0 Å². The van der Waals surface area contributed by atoms with E-state index in [4.69, 9.17) is 14.2 Å². The highest BCUT2D eigenvalue weighted by molar-refractivity contribution is 7.21. The summed E-state index contributed by atoms with van der Waals surface area (Å²) in [6.07, 6.45) is 2.21. The van der Waals surface area contributed by atoms with Crippen LogP contribution >= 0.6 is 11.3 Å². The number of amides is 5. The molecule has 2 aliphatic rings. The first-order valence-electron chi connectivity index (χ1n) is 16.4. The number of piperidine rings is 1. The molecule has 1 fully saturated rings. The van der Waals surface area contributed by atoms with Crippen LogP contribution in [0.15, 0.2) is 60.8 Å². The number of aryl methyl sites for hydroxylation is 1.